The van der Waals surface area contributed by atoms with E-state index in [0.29, 0.717) is 5.92 Å². The van der Waals surface area contributed by atoms with E-state index in [9.17, 15) is 4.79 Å². The largest absolute Gasteiger partial charge is 0.322 e. The Morgan fingerprint density at radius 3 is 2.52 bits per heavy atom. The summed E-state index contributed by atoms with van der Waals surface area (Å²) in [5.41, 5.74) is 1.11. The van der Waals surface area contributed by atoms with Crippen LogP contribution in [0.3, 0.4) is 0 Å². The van der Waals surface area contributed by atoms with Crippen molar-refractivity contribution in [3.05, 3.63) is 34.9 Å². The van der Waals surface area contributed by atoms with Crippen molar-refractivity contribution in [3.8, 4) is 0 Å². The third kappa shape index (κ3) is 3.58. The van der Waals surface area contributed by atoms with E-state index >= 15 is 0 Å². The fourth-order valence-corrected chi connectivity index (χ4v) is 2.90. The fourth-order valence-electron chi connectivity index (χ4n) is 2.77. The molecule has 2 rings (SSSR count). The highest BCUT2D eigenvalue weighted by Crippen LogP contribution is 2.30. The van der Waals surface area contributed by atoms with Gasteiger partial charge in [0.2, 0.25) is 5.91 Å². The Balaban J connectivity index is 2.23. The van der Waals surface area contributed by atoms with Crippen LogP contribution in [-0.2, 0) is 4.79 Å². The third-order valence-corrected chi connectivity index (χ3v) is 4.60. The van der Waals surface area contributed by atoms with Crippen LogP contribution < -0.4 is 5.32 Å². The molecular weight excluding hydrogens is 284 g/mol. The van der Waals surface area contributed by atoms with Crippen molar-refractivity contribution in [2.24, 2.45) is 5.92 Å². The topological polar surface area (TPSA) is 32.3 Å². The molecule has 1 saturated heterocycles. The molecule has 1 aromatic rings. The first-order valence-electron chi connectivity index (χ1n) is 7.90. The summed E-state index contributed by atoms with van der Waals surface area (Å²) in [7, 11) is 0. The number of amides is 1. The summed E-state index contributed by atoms with van der Waals surface area (Å²) >= 11 is 5.97. The van der Waals surface area contributed by atoms with Crippen molar-refractivity contribution in [1.29, 1.82) is 0 Å². The molecule has 4 heteroatoms. The first kappa shape index (κ1) is 16.3. The molecule has 0 radical (unpaired) electrons. The van der Waals surface area contributed by atoms with E-state index in [2.05, 4.69) is 26.1 Å². The van der Waals surface area contributed by atoms with Crippen LogP contribution in [-0.4, -0.2) is 23.4 Å². The van der Waals surface area contributed by atoms with Gasteiger partial charge < -0.3 is 4.90 Å². The Labute approximate surface area is 132 Å². The molecule has 1 amide bonds. The highest BCUT2D eigenvalue weighted by atomic mass is 35.5. The van der Waals surface area contributed by atoms with Crippen LogP contribution >= 0.6 is 11.6 Å². The first-order chi connectivity index (χ1) is 10.1. The first-order valence-corrected chi connectivity index (χ1v) is 8.28. The van der Waals surface area contributed by atoms with Gasteiger partial charge in [0.15, 0.2) is 0 Å². The van der Waals surface area contributed by atoms with Crippen LogP contribution in [0.1, 0.15) is 51.8 Å². The zero-order chi connectivity index (χ0) is 15.4. The number of benzene rings is 1. The Bertz CT molecular complexity index is 474. The SMILES string of the molecule is CCCCN1C(=O)C(C(C)CC)NC1c1ccc(Cl)cc1. The van der Waals surface area contributed by atoms with Crippen LogP contribution in [0.4, 0.5) is 0 Å². The normalized spacial score (nSPS) is 23.6. The maximum atomic E-state index is 12.7. The zero-order valence-electron chi connectivity index (χ0n) is 13.1. The van der Waals surface area contributed by atoms with Gasteiger partial charge >= 0.3 is 0 Å². The summed E-state index contributed by atoms with van der Waals surface area (Å²) in [5, 5.41) is 4.24. The number of rotatable bonds is 6. The van der Waals surface area contributed by atoms with Gasteiger partial charge in [0.1, 0.15) is 6.17 Å². The van der Waals surface area contributed by atoms with E-state index in [1.54, 1.807) is 0 Å². The van der Waals surface area contributed by atoms with Gasteiger partial charge in [0.05, 0.1) is 6.04 Å². The molecular formula is C17H25ClN2O. The number of carbonyl (C=O) groups excluding carboxylic acids is 1. The number of halogens is 1. The second kappa shape index (κ2) is 7.28. The summed E-state index contributed by atoms with van der Waals surface area (Å²) in [6.45, 7) is 7.23. The van der Waals surface area contributed by atoms with E-state index in [0.717, 1.165) is 36.4 Å². The zero-order valence-corrected chi connectivity index (χ0v) is 13.9. The molecule has 1 fully saturated rings. The van der Waals surface area contributed by atoms with Crippen LogP contribution in [0.15, 0.2) is 24.3 Å². The van der Waals surface area contributed by atoms with Crippen LogP contribution in [0.2, 0.25) is 5.02 Å². The summed E-state index contributed by atoms with van der Waals surface area (Å²) in [5.74, 6) is 0.580. The van der Waals surface area contributed by atoms with Gasteiger partial charge in [-0.05, 0) is 30.0 Å². The van der Waals surface area contributed by atoms with Crippen molar-refractivity contribution in [2.75, 3.05) is 6.54 Å². The Kier molecular flexibility index (Phi) is 5.65. The predicted molar refractivity (Wildman–Crippen MR) is 87.2 cm³/mol. The summed E-state index contributed by atoms with van der Waals surface area (Å²) in [4.78, 5) is 14.7. The molecule has 3 nitrogen and oxygen atoms in total. The minimum atomic E-state index is -0.0764. The lowest BCUT2D eigenvalue weighted by Gasteiger charge is -2.24. The summed E-state index contributed by atoms with van der Waals surface area (Å²) < 4.78 is 0. The van der Waals surface area contributed by atoms with Crippen molar-refractivity contribution in [3.63, 3.8) is 0 Å². The van der Waals surface area contributed by atoms with Crippen molar-refractivity contribution < 1.29 is 4.79 Å². The molecule has 1 aromatic carbocycles. The van der Waals surface area contributed by atoms with Gasteiger partial charge in [-0.15, -0.1) is 0 Å². The average Bonchev–Trinajstić information content (AvgIpc) is 2.82. The standard InChI is InChI=1S/C17H25ClN2O/c1-4-6-11-20-16(13-7-9-14(18)10-8-13)19-15(17(20)21)12(3)5-2/h7-10,12,15-16,19H,4-6,11H2,1-3H3. The number of nitrogens with zero attached hydrogens (tertiary/aromatic N) is 1. The van der Waals surface area contributed by atoms with Gasteiger partial charge in [-0.2, -0.15) is 0 Å². The lowest BCUT2D eigenvalue weighted by Crippen LogP contribution is -2.35. The molecule has 1 aliphatic heterocycles. The van der Waals surface area contributed by atoms with E-state index < -0.39 is 0 Å². The van der Waals surface area contributed by atoms with Gasteiger partial charge in [-0.3, -0.25) is 10.1 Å². The number of carbonyl (C=O) groups is 1. The van der Waals surface area contributed by atoms with Crippen molar-refractivity contribution in [2.45, 2.75) is 52.2 Å². The fraction of sp³-hybridized carbons (Fsp3) is 0.588. The molecule has 0 aliphatic carbocycles. The average molecular weight is 309 g/mol. The second-order valence-electron chi connectivity index (χ2n) is 5.87. The predicted octanol–water partition coefficient (Wildman–Crippen LogP) is 3.99. The quantitative estimate of drug-likeness (QED) is 0.862. The highest BCUT2D eigenvalue weighted by molar-refractivity contribution is 6.30. The molecule has 0 saturated carbocycles. The van der Waals surface area contributed by atoms with Crippen LogP contribution in [0.25, 0.3) is 0 Å². The minimum Gasteiger partial charge on any atom is -0.322 e. The maximum Gasteiger partial charge on any atom is 0.241 e. The number of hydrogen-bond donors (Lipinski definition) is 1. The molecule has 116 valence electrons. The molecule has 0 aromatic heterocycles. The molecule has 1 aliphatic rings. The molecule has 3 atom stereocenters. The summed E-state index contributed by atoms with van der Waals surface area (Å²) in [6, 6.07) is 7.71. The van der Waals surface area contributed by atoms with Gasteiger partial charge in [0.25, 0.3) is 0 Å². The minimum absolute atomic E-state index is 0.0275. The number of nitrogens with one attached hydrogen (secondary N) is 1. The molecule has 1 N–H and O–H groups in total. The lowest BCUT2D eigenvalue weighted by molar-refractivity contribution is -0.131. The lowest BCUT2D eigenvalue weighted by atomic mass is 9.99. The monoisotopic (exact) mass is 308 g/mol. The Hall–Kier alpha value is -1.06. The molecule has 1 heterocycles. The van der Waals surface area contributed by atoms with Crippen molar-refractivity contribution >= 4 is 17.5 Å². The molecule has 0 spiro atoms. The van der Waals surface area contributed by atoms with E-state index in [1.807, 2.05) is 29.2 Å². The molecule has 21 heavy (non-hydrogen) atoms. The summed E-state index contributed by atoms with van der Waals surface area (Å²) in [6.07, 6.45) is 3.09. The van der Waals surface area contributed by atoms with Gasteiger partial charge in [-0.1, -0.05) is 57.3 Å². The molecule has 0 bridgehead atoms. The smallest absolute Gasteiger partial charge is 0.241 e. The third-order valence-electron chi connectivity index (χ3n) is 4.35. The van der Waals surface area contributed by atoms with Crippen molar-refractivity contribution in [1.82, 2.24) is 10.2 Å². The second-order valence-corrected chi connectivity index (χ2v) is 6.31. The van der Waals surface area contributed by atoms with Crippen LogP contribution in [0.5, 0.6) is 0 Å². The number of unbranched alkanes of at least 4 members (excludes halogenated alkanes) is 1. The van der Waals surface area contributed by atoms with Gasteiger partial charge in [0, 0.05) is 11.6 Å². The molecule has 3 unspecified atom stereocenters. The Morgan fingerprint density at radius 2 is 1.95 bits per heavy atom. The highest BCUT2D eigenvalue weighted by Gasteiger charge is 2.41. The van der Waals surface area contributed by atoms with Gasteiger partial charge in [-0.25, -0.2) is 0 Å². The van der Waals surface area contributed by atoms with E-state index in [1.165, 1.54) is 0 Å². The number of hydrogen-bond acceptors (Lipinski definition) is 2. The van der Waals surface area contributed by atoms with E-state index in [4.69, 9.17) is 11.6 Å². The van der Waals surface area contributed by atoms with E-state index in [-0.39, 0.29) is 18.1 Å². The maximum absolute atomic E-state index is 12.7. The Morgan fingerprint density at radius 1 is 1.29 bits per heavy atom. The van der Waals surface area contributed by atoms with Crippen LogP contribution in [0, 0.1) is 5.92 Å².